The van der Waals surface area contributed by atoms with E-state index in [0.717, 1.165) is 36.7 Å². The molecule has 0 bridgehead atoms. The highest BCUT2D eigenvalue weighted by molar-refractivity contribution is 6.08. The van der Waals surface area contributed by atoms with Gasteiger partial charge in [-0.2, -0.15) is 0 Å². The van der Waals surface area contributed by atoms with Crippen LogP contribution in [0.4, 0.5) is 5.69 Å². The van der Waals surface area contributed by atoms with Gasteiger partial charge in [0.2, 0.25) is 0 Å². The van der Waals surface area contributed by atoms with Gasteiger partial charge < -0.3 is 14.5 Å². The highest BCUT2D eigenvalue weighted by Crippen LogP contribution is 2.45. The maximum absolute atomic E-state index is 13.6. The summed E-state index contributed by atoms with van der Waals surface area (Å²) in [4.78, 5) is 18.0. The predicted octanol–water partition coefficient (Wildman–Crippen LogP) is 5.66. The second kappa shape index (κ2) is 8.74. The summed E-state index contributed by atoms with van der Waals surface area (Å²) in [5.74, 6) is 1.97. The molecule has 4 nitrogen and oxygen atoms in total. The molecule has 3 aromatic carbocycles. The number of hydrogen-bond donors (Lipinski definition) is 0. The van der Waals surface area contributed by atoms with E-state index in [1.165, 1.54) is 11.1 Å². The Bertz CT molecular complexity index is 1070. The van der Waals surface area contributed by atoms with E-state index < -0.39 is 0 Å². The van der Waals surface area contributed by atoms with Crippen LogP contribution in [0.15, 0.2) is 72.8 Å². The zero-order chi connectivity index (χ0) is 20.7. The molecule has 0 spiro atoms. The molecular weight excluding hydrogens is 408 g/mol. The normalized spacial score (nSPS) is 19.9. The predicted molar refractivity (Wildman–Crippen MR) is 127 cm³/mol. The van der Waals surface area contributed by atoms with Crippen LogP contribution in [0.3, 0.4) is 0 Å². The van der Waals surface area contributed by atoms with Gasteiger partial charge in [-0.25, -0.2) is 0 Å². The van der Waals surface area contributed by atoms with Crippen LogP contribution in [0.1, 0.15) is 33.8 Å². The number of para-hydroxylation sites is 1. The smallest absolute Gasteiger partial charge is 0.258 e. The Morgan fingerprint density at radius 2 is 1.68 bits per heavy atom. The number of piperidine rings is 1. The summed E-state index contributed by atoms with van der Waals surface area (Å²) in [6.45, 7) is 4.13. The third-order valence-corrected chi connectivity index (χ3v) is 6.25. The van der Waals surface area contributed by atoms with Gasteiger partial charge in [0.05, 0.1) is 0 Å². The fourth-order valence-corrected chi connectivity index (χ4v) is 4.78. The van der Waals surface area contributed by atoms with Crippen LogP contribution >= 0.6 is 12.4 Å². The third kappa shape index (κ3) is 4.06. The fraction of sp³-hybridized carbons (Fsp3) is 0.269. The summed E-state index contributed by atoms with van der Waals surface area (Å²) in [5.41, 5.74) is 4.32. The number of rotatable bonds is 3. The Labute approximate surface area is 189 Å². The third-order valence-electron chi connectivity index (χ3n) is 6.25. The van der Waals surface area contributed by atoms with Crippen LogP contribution in [-0.4, -0.2) is 37.0 Å². The summed E-state index contributed by atoms with van der Waals surface area (Å²) in [7, 11) is 2.17. The molecular formula is C26H27ClN2O2. The second-order valence-corrected chi connectivity index (χ2v) is 8.40. The van der Waals surface area contributed by atoms with Gasteiger partial charge in [0.25, 0.3) is 5.91 Å². The van der Waals surface area contributed by atoms with E-state index in [2.05, 4.69) is 37.1 Å². The lowest BCUT2D eigenvalue weighted by Crippen LogP contribution is -2.47. The quantitative estimate of drug-likeness (QED) is 0.533. The molecule has 5 heteroatoms. The summed E-state index contributed by atoms with van der Waals surface area (Å²) < 4.78 is 5.88. The number of hydrogen-bond acceptors (Lipinski definition) is 3. The van der Waals surface area contributed by atoms with Crippen LogP contribution in [0.2, 0.25) is 0 Å². The minimum Gasteiger partial charge on any atom is -0.457 e. The Morgan fingerprint density at radius 3 is 2.42 bits per heavy atom. The molecule has 31 heavy (non-hydrogen) atoms. The van der Waals surface area contributed by atoms with Gasteiger partial charge >= 0.3 is 0 Å². The molecule has 0 aliphatic carbocycles. The Hall–Kier alpha value is -2.82. The molecule has 1 fully saturated rings. The summed E-state index contributed by atoms with van der Waals surface area (Å²) >= 11 is 0. The Morgan fingerprint density at radius 1 is 0.968 bits per heavy atom. The molecule has 1 saturated heterocycles. The van der Waals surface area contributed by atoms with Crippen LogP contribution in [0, 0.1) is 6.92 Å². The number of likely N-dealkylation sites (N-methyl/N-ethyl adjacent to an activating group) is 1. The molecule has 2 heterocycles. The molecule has 0 saturated carbocycles. The van der Waals surface area contributed by atoms with Gasteiger partial charge in [-0.1, -0.05) is 35.9 Å². The maximum Gasteiger partial charge on any atom is 0.258 e. The first-order valence-electron chi connectivity index (χ1n) is 10.6. The number of amides is 1. The van der Waals surface area contributed by atoms with Crippen molar-refractivity contribution in [1.82, 2.24) is 4.90 Å². The van der Waals surface area contributed by atoms with Crippen molar-refractivity contribution in [2.75, 3.05) is 25.0 Å². The number of aryl methyl sites for hydroxylation is 1. The molecule has 160 valence electrons. The van der Waals surface area contributed by atoms with E-state index in [9.17, 15) is 4.79 Å². The number of carbonyl (C=O) groups excluding carboxylic acids is 1. The van der Waals surface area contributed by atoms with Crippen molar-refractivity contribution in [3.63, 3.8) is 0 Å². The first-order valence-corrected chi connectivity index (χ1v) is 10.6. The van der Waals surface area contributed by atoms with Crippen LogP contribution in [0.25, 0.3) is 0 Å². The van der Waals surface area contributed by atoms with Crippen molar-refractivity contribution in [2.24, 2.45) is 0 Å². The van der Waals surface area contributed by atoms with Crippen LogP contribution in [-0.2, 0) is 0 Å². The van der Waals surface area contributed by atoms with Crippen molar-refractivity contribution in [2.45, 2.75) is 25.3 Å². The highest BCUT2D eigenvalue weighted by Gasteiger charge is 2.44. The van der Waals surface area contributed by atoms with E-state index >= 15 is 0 Å². The molecule has 5 rings (SSSR count). The molecule has 2 unspecified atom stereocenters. The van der Waals surface area contributed by atoms with E-state index in [4.69, 9.17) is 4.74 Å². The summed E-state index contributed by atoms with van der Waals surface area (Å²) in [5, 5.41) is 0. The van der Waals surface area contributed by atoms with Crippen LogP contribution < -0.4 is 9.64 Å². The van der Waals surface area contributed by atoms with E-state index in [0.29, 0.717) is 11.5 Å². The average Bonchev–Trinajstić information content (AvgIpc) is 3.07. The van der Waals surface area contributed by atoms with Crippen LogP contribution in [0.5, 0.6) is 11.5 Å². The SMILES string of the molecule is Cc1ccc2c(c1)C1CN(C)CCC1N2C(=O)c1ccc(Oc2ccccc2)cc1.Cl. The summed E-state index contributed by atoms with van der Waals surface area (Å²) in [6.07, 6.45) is 0.996. The molecule has 0 N–H and O–H groups in total. The lowest BCUT2D eigenvalue weighted by Gasteiger charge is -2.36. The minimum absolute atomic E-state index is 0. The topological polar surface area (TPSA) is 32.8 Å². The fourth-order valence-electron chi connectivity index (χ4n) is 4.78. The van der Waals surface area contributed by atoms with Crippen molar-refractivity contribution < 1.29 is 9.53 Å². The zero-order valence-electron chi connectivity index (χ0n) is 17.8. The number of likely N-dealkylation sites (tertiary alicyclic amines) is 1. The first-order chi connectivity index (χ1) is 14.6. The summed E-state index contributed by atoms with van der Waals surface area (Å²) in [6, 6.07) is 23.9. The molecule has 3 aromatic rings. The monoisotopic (exact) mass is 434 g/mol. The standard InChI is InChI=1S/C26H26N2O2.ClH/c1-18-8-13-24-22(16-18)23-17-27(2)15-14-25(23)28(24)26(29)19-9-11-21(12-10-19)30-20-6-4-3-5-7-20;/h3-13,16,23,25H,14-15,17H2,1-2H3;1H. The molecule has 2 aliphatic heterocycles. The van der Waals surface area contributed by atoms with Gasteiger partial charge in [-0.05, 0) is 75.0 Å². The van der Waals surface area contributed by atoms with Gasteiger partial charge in [-0.3, -0.25) is 4.79 Å². The zero-order valence-corrected chi connectivity index (χ0v) is 18.6. The van der Waals surface area contributed by atoms with Crippen molar-refractivity contribution >= 4 is 24.0 Å². The van der Waals surface area contributed by atoms with E-state index in [-0.39, 0.29) is 24.4 Å². The largest absolute Gasteiger partial charge is 0.457 e. The van der Waals surface area contributed by atoms with Gasteiger partial charge in [0.1, 0.15) is 11.5 Å². The first kappa shape index (κ1) is 21.4. The molecule has 0 radical (unpaired) electrons. The molecule has 2 atom stereocenters. The van der Waals surface area contributed by atoms with Crippen molar-refractivity contribution in [3.05, 3.63) is 89.5 Å². The number of nitrogens with zero attached hydrogens (tertiary/aromatic N) is 2. The lowest BCUT2D eigenvalue weighted by molar-refractivity contribution is 0.0964. The second-order valence-electron chi connectivity index (χ2n) is 8.40. The molecule has 0 aromatic heterocycles. The minimum atomic E-state index is 0. The van der Waals surface area contributed by atoms with Crippen molar-refractivity contribution in [3.8, 4) is 11.5 Å². The number of carbonyl (C=O) groups is 1. The van der Waals surface area contributed by atoms with E-state index in [1.807, 2.05) is 59.5 Å². The highest BCUT2D eigenvalue weighted by atomic mass is 35.5. The van der Waals surface area contributed by atoms with Gasteiger partial charge in [-0.15, -0.1) is 12.4 Å². The molecule has 1 amide bonds. The lowest BCUT2D eigenvalue weighted by atomic mass is 9.88. The van der Waals surface area contributed by atoms with E-state index in [1.54, 1.807) is 0 Å². The van der Waals surface area contributed by atoms with Gasteiger partial charge in [0, 0.05) is 29.8 Å². The number of ether oxygens (including phenoxy) is 1. The average molecular weight is 435 g/mol. The Kier molecular flexibility index (Phi) is 6.03. The van der Waals surface area contributed by atoms with Gasteiger partial charge in [0.15, 0.2) is 0 Å². The number of fused-ring (bicyclic) bond motifs is 3. The number of benzene rings is 3. The molecule has 2 aliphatic rings. The Balaban J connectivity index is 0.00000231. The van der Waals surface area contributed by atoms with Crippen molar-refractivity contribution in [1.29, 1.82) is 0 Å². The maximum atomic E-state index is 13.6. The number of halogens is 1. The number of anilines is 1.